The lowest BCUT2D eigenvalue weighted by molar-refractivity contribution is -0.141. The van der Waals surface area contributed by atoms with Crippen molar-refractivity contribution in [3.63, 3.8) is 0 Å². The number of amides is 1. The number of carboxylic acid groups (broad SMARTS) is 1. The van der Waals surface area contributed by atoms with Crippen LogP contribution in [0.1, 0.15) is 57.8 Å². The van der Waals surface area contributed by atoms with E-state index in [1.54, 1.807) is 0 Å². The number of carbonyl (C=O) groups excluding carboxylic acids is 1. The maximum atomic E-state index is 11.9. The summed E-state index contributed by atoms with van der Waals surface area (Å²) in [5.41, 5.74) is -0.358. The van der Waals surface area contributed by atoms with Crippen LogP contribution in [-0.2, 0) is 9.59 Å². The molecule has 1 saturated carbocycles. The summed E-state index contributed by atoms with van der Waals surface area (Å²) in [5, 5.41) is 20.2. The number of nitriles is 1. The monoisotopic (exact) mass is 266 g/mol. The average molecular weight is 266 g/mol. The third kappa shape index (κ3) is 5.73. The van der Waals surface area contributed by atoms with Crippen LogP contribution in [-0.4, -0.2) is 23.5 Å². The molecule has 5 heteroatoms. The standard InChI is InChI=1S/C14H22N2O3/c15-8-4-5-9-16-12(17)10-14(11-13(18)19)6-2-1-3-7-14/h1-7,9-11H2,(H,16,17)(H,18,19). The molecule has 0 atom stereocenters. The minimum Gasteiger partial charge on any atom is -0.481 e. The molecule has 1 aliphatic carbocycles. The number of rotatable bonds is 7. The van der Waals surface area contributed by atoms with Gasteiger partial charge in [0.25, 0.3) is 0 Å². The van der Waals surface area contributed by atoms with Crippen molar-refractivity contribution in [2.75, 3.05) is 6.54 Å². The third-order valence-corrected chi connectivity index (χ3v) is 3.76. The van der Waals surface area contributed by atoms with Gasteiger partial charge in [-0.3, -0.25) is 9.59 Å². The first-order valence-corrected chi connectivity index (χ1v) is 6.93. The van der Waals surface area contributed by atoms with E-state index in [4.69, 9.17) is 10.4 Å². The van der Waals surface area contributed by atoms with Crippen LogP contribution >= 0.6 is 0 Å². The lowest BCUT2D eigenvalue weighted by Gasteiger charge is -2.35. The molecular weight excluding hydrogens is 244 g/mol. The minimum atomic E-state index is -0.820. The molecule has 1 amide bonds. The smallest absolute Gasteiger partial charge is 0.303 e. The molecule has 0 aromatic carbocycles. The number of hydrogen-bond acceptors (Lipinski definition) is 3. The first kappa shape index (κ1) is 15.5. The summed E-state index contributed by atoms with van der Waals surface area (Å²) >= 11 is 0. The Morgan fingerprint density at radius 1 is 1.21 bits per heavy atom. The molecule has 0 spiro atoms. The van der Waals surface area contributed by atoms with Crippen LogP contribution < -0.4 is 5.32 Å². The Kier molecular flexibility index (Phi) is 6.34. The predicted molar refractivity (Wildman–Crippen MR) is 70.2 cm³/mol. The van der Waals surface area contributed by atoms with Gasteiger partial charge in [0, 0.05) is 19.4 Å². The van der Waals surface area contributed by atoms with E-state index >= 15 is 0 Å². The van der Waals surface area contributed by atoms with Crippen LogP contribution in [0.4, 0.5) is 0 Å². The number of nitrogens with one attached hydrogen (secondary N) is 1. The van der Waals surface area contributed by atoms with Gasteiger partial charge in [-0.15, -0.1) is 0 Å². The number of carbonyl (C=O) groups is 2. The van der Waals surface area contributed by atoms with E-state index in [-0.39, 0.29) is 17.7 Å². The Bertz CT molecular complexity index is 354. The number of carboxylic acids is 1. The van der Waals surface area contributed by atoms with E-state index in [2.05, 4.69) is 5.32 Å². The van der Waals surface area contributed by atoms with E-state index in [1.165, 1.54) is 0 Å². The molecule has 1 aliphatic rings. The van der Waals surface area contributed by atoms with Crippen molar-refractivity contribution in [1.29, 1.82) is 5.26 Å². The average Bonchev–Trinajstić information content (AvgIpc) is 2.34. The van der Waals surface area contributed by atoms with Gasteiger partial charge >= 0.3 is 5.97 Å². The third-order valence-electron chi connectivity index (χ3n) is 3.76. The second-order valence-corrected chi connectivity index (χ2v) is 5.42. The highest BCUT2D eigenvalue weighted by Crippen LogP contribution is 2.42. The first-order chi connectivity index (χ1) is 9.08. The molecule has 0 bridgehead atoms. The van der Waals surface area contributed by atoms with Gasteiger partial charge in [-0.25, -0.2) is 0 Å². The topological polar surface area (TPSA) is 90.2 Å². The second-order valence-electron chi connectivity index (χ2n) is 5.42. The van der Waals surface area contributed by atoms with Crippen molar-refractivity contribution in [3.8, 4) is 6.07 Å². The molecule has 0 heterocycles. The molecule has 5 nitrogen and oxygen atoms in total. The van der Waals surface area contributed by atoms with E-state index in [1.807, 2.05) is 6.07 Å². The molecule has 2 N–H and O–H groups in total. The van der Waals surface area contributed by atoms with Crippen LogP contribution in [0.25, 0.3) is 0 Å². The molecule has 0 aromatic rings. The quantitative estimate of drug-likeness (QED) is 0.691. The van der Waals surface area contributed by atoms with Gasteiger partial charge in [0.2, 0.25) is 5.91 Å². The largest absolute Gasteiger partial charge is 0.481 e. The summed E-state index contributed by atoms with van der Waals surface area (Å²) in [4.78, 5) is 22.9. The molecule has 1 rings (SSSR count). The fourth-order valence-electron chi connectivity index (χ4n) is 2.84. The normalized spacial score (nSPS) is 17.4. The van der Waals surface area contributed by atoms with Crippen LogP contribution in [0.5, 0.6) is 0 Å². The summed E-state index contributed by atoms with van der Waals surface area (Å²) < 4.78 is 0. The molecule has 106 valence electrons. The highest BCUT2D eigenvalue weighted by Gasteiger charge is 2.36. The van der Waals surface area contributed by atoms with Crippen molar-refractivity contribution < 1.29 is 14.7 Å². The maximum Gasteiger partial charge on any atom is 0.303 e. The maximum absolute atomic E-state index is 11.9. The van der Waals surface area contributed by atoms with Crippen LogP contribution in [0.2, 0.25) is 0 Å². The highest BCUT2D eigenvalue weighted by atomic mass is 16.4. The predicted octanol–water partition coefficient (Wildman–Crippen LogP) is 2.22. The molecule has 0 aliphatic heterocycles. The molecular formula is C14H22N2O3. The van der Waals surface area contributed by atoms with Gasteiger partial charge in [-0.1, -0.05) is 19.3 Å². The summed E-state index contributed by atoms with van der Waals surface area (Å²) in [7, 11) is 0. The van der Waals surface area contributed by atoms with Crippen molar-refractivity contribution in [3.05, 3.63) is 0 Å². The summed E-state index contributed by atoms with van der Waals surface area (Å²) in [6, 6.07) is 2.03. The Balaban J connectivity index is 2.45. The Labute approximate surface area is 114 Å². The zero-order valence-corrected chi connectivity index (χ0v) is 11.3. The second kappa shape index (κ2) is 7.78. The molecule has 0 radical (unpaired) electrons. The molecule has 0 saturated heterocycles. The van der Waals surface area contributed by atoms with E-state index in [0.717, 1.165) is 32.1 Å². The van der Waals surface area contributed by atoms with Crippen molar-refractivity contribution in [2.24, 2.45) is 5.41 Å². The zero-order chi connectivity index (χ0) is 14.1. The van der Waals surface area contributed by atoms with E-state index in [9.17, 15) is 9.59 Å². The zero-order valence-electron chi connectivity index (χ0n) is 11.3. The summed E-state index contributed by atoms with van der Waals surface area (Å²) in [5.74, 6) is -0.903. The van der Waals surface area contributed by atoms with E-state index in [0.29, 0.717) is 25.8 Å². The van der Waals surface area contributed by atoms with Gasteiger partial charge < -0.3 is 10.4 Å². The minimum absolute atomic E-state index is 0.0820. The Hall–Kier alpha value is -1.57. The number of aliphatic carboxylic acids is 1. The number of nitrogens with zero attached hydrogens (tertiary/aromatic N) is 1. The van der Waals surface area contributed by atoms with Gasteiger partial charge in [0.15, 0.2) is 0 Å². The van der Waals surface area contributed by atoms with Crippen molar-refractivity contribution in [2.45, 2.75) is 57.8 Å². The van der Waals surface area contributed by atoms with Gasteiger partial charge in [0.1, 0.15) is 0 Å². The molecule has 1 fully saturated rings. The fourth-order valence-corrected chi connectivity index (χ4v) is 2.84. The van der Waals surface area contributed by atoms with Crippen LogP contribution in [0.15, 0.2) is 0 Å². The van der Waals surface area contributed by atoms with Crippen LogP contribution in [0.3, 0.4) is 0 Å². The summed E-state index contributed by atoms with van der Waals surface area (Å²) in [6.45, 7) is 0.496. The fraction of sp³-hybridized carbons (Fsp3) is 0.786. The Morgan fingerprint density at radius 2 is 1.89 bits per heavy atom. The molecule has 0 aromatic heterocycles. The van der Waals surface area contributed by atoms with Gasteiger partial charge in [-0.05, 0) is 24.7 Å². The highest BCUT2D eigenvalue weighted by molar-refractivity contribution is 5.78. The molecule has 19 heavy (non-hydrogen) atoms. The van der Waals surface area contributed by atoms with E-state index < -0.39 is 5.97 Å². The van der Waals surface area contributed by atoms with Crippen molar-refractivity contribution in [1.82, 2.24) is 5.32 Å². The Morgan fingerprint density at radius 3 is 2.47 bits per heavy atom. The lowest BCUT2D eigenvalue weighted by atomic mass is 9.69. The first-order valence-electron chi connectivity index (χ1n) is 6.93. The number of hydrogen-bond donors (Lipinski definition) is 2. The number of unbranched alkanes of at least 4 members (excludes halogenated alkanes) is 1. The SMILES string of the molecule is N#CCCCNC(=O)CC1(CC(=O)O)CCCCC1. The lowest BCUT2D eigenvalue weighted by Crippen LogP contribution is -2.35. The van der Waals surface area contributed by atoms with Gasteiger partial charge in [-0.2, -0.15) is 5.26 Å². The summed E-state index contributed by atoms with van der Waals surface area (Å²) in [6.07, 6.45) is 6.25. The van der Waals surface area contributed by atoms with Crippen molar-refractivity contribution >= 4 is 11.9 Å². The molecule has 0 unspecified atom stereocenters. The van der Waals surface area contributed by atoms with Gasteiger partial charge in [0.05, 0.1) is 12.5 Å². The van der Waals surface area contributed by atoms with Crippen LogP contribution in [0, 0.1) is 16.7 Å².